The second-order valence-electron chi connectivity index (χ2n) is 9.43. The molecule has 2 N–H and O–H groups in total. The van der Waals surface area contributed by atoms with E-state index in [1.54, 1.807) is 0 Å². The van der Waals surface area contributed by atoms with Crippen LogP contribution in [0.3, 0.4) is 0 Å². The number of carbonyl (C=O) groups is 2. The maximum Gasteiger partial charge on any atom is 0.305 e. The zero-order valence-electron chi connectivity index (χ0n) is 21.7. The zero-order chi connectivity index (χ0) is 26.6. The second-order valence-corrected chi connectivity index (χ2v) is 9.43. The van der Waals surface area contributed by atoms with Gasteiger partial charge in [0.2, 0.25) is 0 Å². The van der Waals surface area contributed by atoms with Crippen molar-refractivity contribution in [2.45, 2.75) is 103 Å². The van der Waals surface area contributed by atoms with Gasteiger partial charge in [-0.2, -0.15) is 0 Å². The van der Waals surface area contributed by atoms with Gasteiger partial charge in [0.1, 0.15) is 19.0 Å². The van der Waals surface area contributed by atoms with Crippen LogP contribution in [0.1, 0.15) is 90.4 Å². The van der Waals surface area contributed by atoms with Gasteiger partial charge in [0, 0.05) is 19.3 Å². The molecule has 1 fully saturated rings. The highest BCUT2D eigenvalue weighted by Gasteiger charge is 2.40. The Morgan fingerprint density at radius 3 is 2.39 bits per heavy atom. The highest BCUT2D eigenvalue weighted by molar-refractivity contribution is 5.78. The number of aliphatic hydroxyl groups excluding tert-OH is 2. The molecule has 0 aliphatic heterocycles. The quantitative estimate of drug-likeness (QED) is 0.0719. The van der Waals surface area contributed by atoms with Crippen LogP contribution in [0, 0.1) is 22.0 Å². The van der Waals surface area contributed by atoms with E-state index in [1.165, 1.54) is 19.3 Å². The fourth-order valence-corrected chi connectivity index (χ4v) is 4.58. The minimum atomic E-state index is -0.893. The topological polar surface area (TPSA) is 145 Å². The highest BCUT2D eigenvalue weighted by atomic mass is 17.0. The van der Waals surface area contributed by atoms with Crippen molar-refractivity contribution in [3.8, 4) is 0 Å². The number of ether oxygens (including phenoxy) is 2. The number of aliphatic hydroxyl groups is 2. The Labute approximate surface area is 214 Å². The summed E-state index contributed by atoms with van der Waals surface area (Å²) in [5.74, 6) is -0.221. The van der Waals surface area contributed by atoms with Crippen LogP contribution in [0.5, 0.6) is 0 Å². The Morgan fingerprint density at radius 1 is 0.917 bits per heavy atom. The number of ketones is 1. The number of Topliss-reactive ketones (excluding diaryl/α,β-unsaturated/α-hetero) is 1. The average molecular weight is 516 g/mol. The lowest BCUT2D eigenvalue weighted by molar-refractivity contribution is -0.758. The summed E-state index contributed by atoms with van der Waals surface area (Å²) in [5, 5.41) is 29.8. The lowest BCUT2D eigenvalue weighted by Gasteiger charge is -2.22. The summed E-state index contributed by atoms with van der Waals surface area (Å²) >= 11 is 0. The van der Waals surface area contributed by atoms with Crippen LogP contribution < -0.4 is 0 Å². The number of rotatable bonds is 22. The molecule has 1 saturated carbocycles. The first kappa shape index (κ1) is 32.0. The molecule has 0 unspecified atom stereocenters. The van der Waals surface area contributed by atoms with Crippen LogP contribution in [0.25, 0.3) is 0 Å². The molecule has 0 saturated heterocycles. The van der Waals surface area contributed by atoms with Gasteiger partial charge >= 0.3 is 5.97 Å². The monoisotopic (exact) mass is 515 g/mol. The number of allylic oxidation sites excluding steroid dienone is 2. The minimum Gasteiger partial charge on any atom is -0.463 e. The summed E-state index contributed by atoms with van der Waals surface area (Å²) in [4.78, 5) is 38.0. The number of nitrogens with zero attached hydrogens (tertiary/aromatic N) is 1. The van der Waals surface area contributed by atoms with Crippen molar-refractivity contribution in [3.05, 3.63) is 22.3 Å². The van der Waals surface area contributed by atoms with E-state index in [0.29, 0.717) is 44.9 Å². The third kappa shape index (κ3) is 15.2. The predicted molar refractivity (Wildman–Crippen MR) is 134 cm³/mol. The van der Waals surface area contributed by atoms with Crippen LogP contribution in [0.4, 0.5) is 0 Å². The molecule has 0 aromatic rings. The Hall–Kier alpha value is -2.04. The molecule has 0 amide bonds. The fourth-order valence-electron chi connectivity index (χ4n) is 4.58. The molecular formula is C26H45NO9. The van der Waals surface area contributed by atoms with Gasteiger partial charge in [-0.15, -0.1) is 10.1 Å². The summed E-state index contributed by atoms with van der Waals surface area (Å²) in [6.45, 7) is 2.28. The first-order chi connectivity index (χ1) is 17.3. The number of unbranched alkanes of at least 4 members (excludes halogenated alkanes) is 5. The lowest BCUT2D eigenvalue weighted by Crippen LogP contribution is -2.22. The highest BCUT2D eigenvalue weighted by Crippen LogP contribution is 2.38. The molecule has 1 rings (SSSR count). The summed E-state index contributed by atoms with van der Waals surface area (Å²) in [6.07, 6.45) is 12.7. The van der Waals surface area contributed by atoms with E-state index >= 15 is 0 Å². The number of carbonyl (C=O) groups excluding carboxylic acids is 2. The molecule has 1 aliphatic carbocycles. The summed E-state index contributed by atoms with van der Waals surface area (Å²) in [5.41, 5.74) is 0. The molecule has 0 aromatic heterocycles. The SMILES string of the molecule is CCCCCCCC(=O)CC[C@@H]1[C@@H](C/C=C\CCCC(=O)OCCOCCO[N+](=O)[O-])[C@@H](O)C[C@H]1O. The van der Waals surface area contributed by atoms with Crippen LogP contribution in [0.2, 0.25) is 0 Å². The van der Waals surface area contributed by atoms with Crippen molar-refractivity contribution in [1.82, 2.24) is 0 Å². The van der Waals surface area contributed by atoms with E-state index in [4.69, 9.17) is 9.47 Å². The van der Waals surface area contributed by atoms with Gasteiger partial charge in [-0.05, 0) is 50.4 Å². The normalized spacial score (nSPS) is 21.6. The molecule has 10 nitrogen and oxygen atoms in total. The van der Waals surface area contributed by atoms with Crippen molar-refractivity contribution in [1.29, 1.82) is 0 Å². The van der Waals surface area contributed by atoms with Crippen LogP contribution in [-0.4, -0.2) is 65.7 Å². The second kappa shape index (κ2) is 20.1. The van der Waals surface area contributed by atoms with Gasteiger partial charge in [0.25, 0.3) is 5.09 Å². The molecule has 0 aromatic carbocycles. The Kier molecular flexibility index (Phi) is 17.8. The van der Waals surface area contributed by atoms with E-state index < -0.39 is 17.3 Å². The van der Waals surface area contributed by atoms with E-state index in [2.05, 4.69) is 11.8 Å². The van der Waals surface area contributed by atoms with Gasteiger partial charge in [0.05, 0.1) is 25.4 Å². The van der Waals surface area contributed by atoms with E-state index in [0.717, 1.165) is 12.8 Å². The van der Waals surface area contributed by atoms with Crippen LogP contribution in [-0.2, 0) is 23.9 Å². The minimum absolute atomic E-state index is 0.0480. The third-order valence-corrected chi connectivity index (χ3v) is 6.58. The number of hydrogen-bond donors (Lipinski definition) is 2. The van der Waals surface area contributed by atoms with Crippen molar-refractivity contribution >= 4 is 11.8 Å². The number of esters is 1. The molecular weight excluding hydrogens is 470 g/mol. The largest absolute Gasteiger partial charge is 0.463 e. The first-order valence-electron chi connectivity index (χ1n) is 13.4. The molecule has 4 atom stereocenters. The smallest absolute Gasteiger partial charge is 0.305 e. The number of hydrogen-bond acceptors (Lipinski definition) is 9. The van der Waals surface area contributed by atoms with Crippen molar-refractivity contribution < 1.29 is 39.2 Å². The Balaban J connectivity index is 2.17. The summed E-state index contributed by atoms with van der Waals surface area (Å²) in [6, 6.07) is 0. The predicted octanol–water partition coefficient (Wildman–Crippen LogP) is 3.94. The molecule has 208 valence electrons. The molecule has 1 aliphatic rings. The van der Waals surface area contributed by atoms with Crippen molar-refractivity contribution in [3.63, 3.8) is 0 Å². The Bertz CT molecular complexity index is 655. The summed E-state index contributed by atoms with van der Waals surface area (Å²) in [7, 11) is 0. The fraction of sp³-hybridized carbons (Fsp3) is 0.846. The molecule has 0 radical (unpaired) electrons. The van der Waals surface area contributed by atoms with Crippen molar-refractivity contribution in [2.75, 3.05) is 26.4 Å². The molecule has 0 spiro atoms. The van der Waals surface area contributed by atoms with Gasteiger partial charge in [-0.25, -0.2) is 0 Å². The van der Waals surface area contributed by atoms with Crippen molar-refractivity contribution in [2.24, 2.45) is 11.8 Å². The van der Waals surface area contributed by atoms with Gasteiger partial charge in [0.15, 0.2) is 0 Å². The third-order valence-electron chi connectivity index (χ3n) is 6.58. The molecule has 10 heteroatoms. The Morgan fingerprint density at radius 2 is 1.64 bits per heavy atom. The summed E-state index contributed by atoms with van der Waals surface area (Å²) < 4.78 is 10.1. The van der Waals surface area contributed by atoms with Crippen LogP contribution >= 0.6 is 0 Å². The van der Waals surface area contributed by atoms with Gasteiger partial charge in [-0.3, -0.25) is 9.59 Å². The molecule has 0 heterocycles. The van der Waals surface area contributed by atoms with E-state index in [-0.39, 0.29) is 56.4 Å². The van der Waals surface area contributed by atoms with E-state index in [1.807, 2.05) is 12.2 Å². The lowest BCUT2D eigenvalue weighted by atomic mass is 9.86. The standard InChI is InChI=1S/C26H45NO9/c1-2-3-4-5-8-11-21(28)14-15-23-22(24(29)20-25(23)30)12-9-6-7-10-13-26(31)35-18-16-34-17-19-36-27(32)33/h6,9,22-25,29-30H,2-5,7-8,10-20H2,1H3/b9-6-/t22-,23-,24+,25-/m1/s1. The maximum atomic E-state index is 12.2. The first-order valence-corrected chi connectivity index (χ1v) is 13.4. The average Bonchev–Trinajstić information content (AvgIpc) is 3.10. The van der Waals surface area contributed by atoms with Gasteiger partial charge in [-0.1, -0.05) is 44.8 Å². The molecule has 0 bridgehead atoms. The van der Waals surface area contributed by atoms with E-state index in [9.17, 15) is 29.9 Å². The zero-order valence-corrected chi connectivity index (χ0v) is 21.7. The molecule has 36 heavy (non-hydrogen) atoms. The van der Waals surface area contributed by atoms with Crippen LogP contribution in [0.15, 0.2) is 12.2 Å². The maximum absolute atomic E-state index is 12.2. The van der Waals surface area contributed by atoms with Gasteiger partial charge < -0.3 is 24.5 Å².